The van der Waals surface area contributed by atoms with E-state index in [0.29, 0.717) is 16.8 Å². The summed E-state index contributed by atoms with van der Waals surface area (Å²) in [5.41, 5.74) is 8.23. The third-order valence-electron chi connectivity index (χ3n) is 3.86. The number of nitrogens with zero attached hydrogens (tertiary/aromatic N) is 4. The van der Waals surface area contributed by atoms with Crippen molar-refractivity contribution < 1.29 is 9.90 Å². The van der Waals surface area contributed by atoms with E-state index in [0.717, 1.165) is 11.3 Å². The van der Waals surface area contributed by atoms with Crippen molar-refractivity contribution in [1.29, 1.82) is 0 Å². The molecule has 0 unspecified atom stereocenters. The van der Waals surface area contributed by atoms with Crippen LogP contribution in [0.2, 0.25) is 5.02 Å². The highest BCUT2D eigenvalue weighted by Crippen LogP contribution is 2.36. The highest BCUT2D eigenvalue weighted by Gasteiger charge is 2.27. The van der Waals surface area contributed by atoms with Crippen LogP contribution in [0.3, 0.4) is 0 Å². The summed E-state index contributed by atoms with van der Waals surface area (Å²) >= 11 is 6.41. The Morgan fingerprint density at radius 2 is 2.12 bits per heavy atom. The second-order valence-corrected chi connectivity index (χ2v) is 5.98. The van der Waals surface area contributed by atoms with E-state index in [1.54, 1.807) is 6.07 Å². The van der Waals surface area contributed by atoms with E-state index in [2.05, 4.69) is 19.9 Å². The molecule has 7 nitrogen and oxygen atoms in total. The lowest BCUT2D eigenvalue weighted by molar-refractivity contribution is 0.205. The summed E-state index contributed by atoms with van der Waals surface area (Å²) in [6.07, 6.45) is 2.31. The average molecular weight is 346 g/mol. The summed E-state index contributed by atoms with van der Waals surface area (Å²) < 4.78 is 0. The summed E-state index contributed by atoms with van der Waals surface area (Å²) in [7, 11) is 2.03. The fourth-order valence-electron chi connectivity index (χ4n) is 2.43. The molecule has 24 heavy (non-hydrogen) atoms. The number of amides is 1. The maximum absolute atomic E-state index is 10.6. The molecule has 1 fully saturated rings. The lowest BCUT2D eigenvalue weighted by atomic mass is 10.1. The minimum Gasteiger partial charge on any atom is -0.463 e. The molecule has 1 amide bonds. The minimum absolute atomic E-state index is 0.178. The molecule has 8 heteroatoms. The Balaban J connectivity index is 1.92. The average Bonchev–Trinajstić information content (AvgIpc) is 3.38. The largest absolute Gasteiger partial charge is 0.463 e. The summed E-state index contributed by atoms with van der Waals surface area (Å²) in [5.74, 6) is -0.178. The normalized spacial score (nSPS) is 14.5. The molecule has 1 aliphatic rings. The molecule has 0 spiro atoms. The first-order valence-electron chi connectivity index (χ1n) is 7.38. The predicted octanol–water partition coefficient (Wildman–Crippen LogP) is 2.78. The fourth-order valence-corrected chi connectivity index (χ4v) is 2.74. The van der Waals surface area contributed by atoms with Crippen molar-refractivity contribution in [3.05, 3.63) is 41.3 Å². The van der Waals surface area contributed by atoms with Gasteiger partial charge in [0, 0.05) is 18.7 Å². The molecule has 1 aromatic heterocycles. The van der Waals surface area contributed by atoms with Crippen LogP contribution in [0, 0.1) is 0 Å². The number of carbonyl (C=O) groups is 1. The van der Waals surface area contributed by atoms with Gasteiger partial charge in [0.1, 0.15) is 12.0 Å². The number of halogens is 1. The van der Waals surface area contributed by atoms with Crippen LogP contribution in [0.4, 0.5) is 10.5 Å². The van der Waals surface area contributed by atoms with Gasteiger partial charge in [-0.25, -0.2) is 14.8 Å². The Kier molecular flexibility index (Phi) is 4.35. The number of carboxylic acid groups (broad SMARTS) is 1. The second kappa shape index (κ2) is 6.45. The first-order chi connectivity index (χ1) is 11.5. The molecule has 3 rings (SSSR count). The molecule has 3 N–H and O–H groups in total. The van der Waals surface area contributed by atoms with E-state index in [4.69, 9.17) is 22.4 Å². The van der Waals surface area contributed by atoms with E-state index in [1.165, 1.54) is 19.2 Å². The number of aromatic nitrogens is 2. The summed E-state index contributed by atoms with van der Waals surface area (Å²) in [6.45, 7) is 0. The lowest BCUT2D eigenvalue weighted by Crippen LogP contribution is -2.19. The van der Waals surface area contributed by atoms with E-state index in [-0.39, 0.29) is 11.5 Å². The van der Waals surface area contributed by atoms with Crippen LogP contribution in [0.25, 0.3) is 11.3 Å². The number of amidine groups is 1. The van der Waals surface area contributed by atoms with Crippen molar-refractivity contribution in [2.45, 2.75) is 18.9 Å². The number of nitrogens with two attached hydrogens (primary N) is 1. The van der Waals surface area contributed by atoms with Crippen molar-refractivity contribution in [2.75, 3.05) is 11.9 Å². The summed E-state index contributed by atoms with van der Waals surface area (Å²) in [5, 5.41) is 9.30. The van der Waals surface area contributed by atoms with E-state index in [9.17, 15) is 4.79 Å². The number of hydrogen-bond acceptors (Lipinski definition) is 4. The van der Waals surface area contributed by atoms with E-state index >= 15 is 0 Å². The van der Waals surface area contributed by atoms with Gasteiger partial charge in [0.25, 0.3) is 0 Å². The monoisotopic (exact) mass is 345 g/mol. The zero-order valence-electron chi connectivity index (χ0n) is 13.0. The number of aliphatic imine (C=N–C) groups is 1. The molecule has 0 aliphatic heterocycles. The molecule has 1 aromatic carbocycles. The van der Waals surface area contributed by atoms with Gasteiger partial charge >= 0.3 is 6.09 Å². The molecular formula is C16H16ClN5O2. The van der Waals surface area contributed by atoms with Gasteiger partial charge in [-0.1, -0.05) is 17.7 Å². The summed E-state index contributed by atoms with van der Waals surface area (Å²) in [4.78, 5) is 24.2. The number of benzene rings is 1. The molecule has 2 aromatic rings. The SMILES string of the molecule is CN(c1ccc(-c2cc(C(N)=NC(=O)O)ncn2)cc1Cl)C1CC1. The third kappa shape index (κ3) is 3.46. The molecule has 0 radical (unpaired) electrons. The molecule has 0 bridgehead atoms. The Hall–Kier alpha value is -2.67. The van der Waals surface area contributed by atoms with Gasteiger partial charge in [0.05, 0.1) is 16.4 Å². The highest BCUT2D eigenvalue weighted by molar-refractivity contribution is 6.33. The van der Waals surface area contributed by atoms with Crippen LogP contribution in [0.5, 0.6) is 0 Å². The number of rotatable bonds is 4. The zero-order valence-corrected chi connectivity index (χ0v) is 13.7. The van der Waals surface area contributed by atoms with Crippen molar-refractivity contribution in [2.24, 2.45) is 10.7 Å². The van der Waals surface area contributed by atoms with Gasteiger partial charge in [-0.05, 0) is 31.0 Å². The maximum atomic E-state index is 10.6. The van der Waals surface area contributed by atoms with Gasteiger partial charge < -0.3 is 15.7 Å². The topological polar surface area (TPSA) is 105 Å². The molecule has 1 aliphatic carbocycles. The maximum Gasteiger partial charge on any atom is 0.433 e. The Morgan fingerprint density at radius 3 is 2.75 bits per heavy atom. The van der Waals surface area contributed by atoms with Crippen LogP contribution in [-0.4, -0.2) is 40.1 Å². The number of hydrogen-bond donors (Lipinski definition) is 2. The standard InChI is InChI=1S/C16H16ClN5O2/c1-22(10-3-4-10)14-5-2-9(6-11(14)17)12-7-13(20-8-19-12)15(18)21-16(23)24/h2,5-8,10H,3-4H2,1H3,(H2,18,21)(H,23,24). The second-order valence-electron chi connectivity index (χ2n) is 5.58. The van der Waals surface area contributed by atoms with Crippen LogP contribution in [-0.2, 0) is 0 Å². The van der Waals surface area contributed by atoms with Crippen LogP contribution < -0.4 is 10.6 Å². The fraction of sp³-hybridized carbons (Fsp3) is 0.250. The van der Waals surface area contributed by atoms with Crippen LogP contribution >= 0.6 is 11.6 Å². The van der Waals surface area contributed by atoms with Crippen LogP contribution in [0.1, 0.15) is 18.5 Å². The molecule has 0 saturated heterocycles. The first-order valence-corrected chi connectivity index (χ1v) is 7.76. The zero-order chi connectivity index (χ0) is 17.3. The van der Waals surface area contributed by atoms with Gasteiger partial charge in [-0.2, -0.15) is 4.99 Å². The molecule has 1 saturated carbocycles. The third-order valence-corrected chi connectivity index (χ3v) is 4.17. The highest BCUT2D eigenvalue weighted by atomic mass is 35.5. The van der Waals surface area contributed by atoms with Gasteiger partial charge in [-0.3, -0.25) is 0 Å². The Labute approximate surface area is 143 Å². The predicted molar refractivity (Wildman–Crippen MR) is 92.7 cm³/mol. The van der Waals surface area contributed by atoms with Crippen molar-refractivity contribution >= 4 is 29.2 Å². The van der Waals surface area contributed by atoms with Gasteiger partial charge in [0.15, 0.2) is 5.84 Å². The quantitative estimate of drug-likeness (QED) is 0.652. The molecule has 1 heterocycles. The summed E-state index contributed by atoms with van der Waals surface area (Å²) in [6, 6.07) is 7.83. The lowest BCUT2D eigenvalue weighted by Gasteiger charge is -2.20. The van der Waals surface area contributed by atoms with E-state index in [1.807, 2.05) is 25.2 Å². The minimum atomic E-state index is -1.37. The smallest absolute Gasteiger partial charge is 0.433 e. The van der Waals surface area contributed by atoms with Gasteiger partial charge in [0.2, 0.25) is 0 Å². The number of anilines is 1. The van der Waals surface area contributed by atoms with Crippen molar-refractivity contribution in [1.82, 2.24) is 9.97 Å². The molecular weight excluding hydrogens is 330 g/mol. The molecule has 0 atom stereocenters. The van der Waals surface area contributed by atoms with Crippen molar-refractivity contribution in [3.63, 3.8) is 0 Å². The first kappa shape index (κ1) is 16.2. The van der Waals surface area contributed by atoms with E-state index < -0.39 is 6.09 Å². The Morgan fingerprint density at radius 1 is 1.38 bits per heavy atom. The molecule has 124 valence electrons. The Bertz CT molecular complexity index is 820. The van der Waals surface area contributed by atoms with Crippen molar-refractivity contribution in [3.8, 4) is 11.3 Å². The van der Waals surface area contributed by atoms with Gasteiger partial charge in [-0.15, -0.1) is 0 Å². The van der Waals surface area contributed by atoms with Crippen LogP contribution in [0.15, 0.2) is 35.6 Å².